The molecule has 0 aliphatic heterocycles. The van der Waals surface area contributed by atoms with E-state index in [9.17, 15) is 0 Å². The van der Waals surface area contributed by atoms with Gasteiger partial charge in [0, 0.05) is 0 Å². The van der Waals surface area contributed by atoms with Crippen LogP contribution in [0.4, 0.5) is 5.69 Å². The Hall–Kier alpha value is -1.77. The summed E-state index contributed by atoms with van der Waals surface area (Å²) in [5, 5.41) is 4.39. The van der Waals surface area contributed by atoms with Crippen LogP contribution in [0.15, 0.2) is 24.4 Å². The topological polar surface area (TPSA) is 43.8 Å². The van der Waals surface area contributed by atoms with Gasteiger partial charge in [-0.05, 0) is 31.9 Å². The molecule has 0 aliphatic carbocycles. The van der Waals surface area contributed by atoms with E-state index in [4.69, 9.17) is 5.73 Å². The molecule has 0 spiro atoms. The molecule has 0 fully saturated rings. The number of aromatic nitrogens is 2. The average Bonchev–Trinajstić information content (AvgIpc) is 2.62. The first kappa shape index (κ1) is 11.7. The van der Waals surface area contributed by atoms with Crippen LogP contribution >= 0.6 is 0 Å². The van der Waals surface area contributed by atoms with Crippen LogP contribution < -0.4 is 5.73 Å². The Morgan fingerprint density at radius 1 is 1.29 bits per heavy atom. The SMILES string of the molecule is CCCc1c(N)cnn1-c1ccc(C)cc1C. The molecular weight excluding hydrogens is 210 g/mol. The molecule has 2 aromatic rings. The summed E-state index contributed by atoms with van der Waals surface area (Å²) in [6.45, 7) is 6.36. The van der Waals surface area contributed by atoms with Gasteiger partial charge in [0.05, 0.1) is 23.3 Å². The number of anilines is 1. The summed E-state index contributed by atoms with van der Waals surface area (Å²) in [6.07, 6.45) is 3.77. The molecule has 0 bridgehead atoms. The minimum Gasteiger partial charge on any atom is -0.396 e. The van der Waals surface area contributed by atoms with Gasteiger partial charge in [-0.2, -0.15) is 5.10 Å². The van der Waals surface area contributed by atoms with Crippen molar-refractivity contribution in [3.63, 3.8) is 0 Å². The van der Waals surface area contributed by atoms with Gasteiger partial charge in [-0.3, -0.25) is 0 Å². The molecule has 0 amide bonds. The fourth-order valence-corrected chi connectivity index (χ4v) is 2.12. The van der Waals surface area contributed by atoms with Gasteiger partial charge in [0.25, 0.3) is 0 Å². The van der Waals surface area contributed by atoms with Gasteiger partial charge in [0.2, 0.25) is 0 Å². The Morgan fingerprint density at radius 2 is 2.06 bits per heavy atom. The Balaban J connectivity index is 2.52. The Morgan fingerprint density at radius 3 is 2.71 bits per heavy atom. The zero-order chi connectivity index (χ0) is 12.4. The van der Waals surface area contributed by atoms with Crippen molar-refractivity contribution in [2.75, 3.05) is 5.73 Å². The zero-order valence-electron chi connectivity index (χ0n) is 10.7. The normalized spacial score (nSPS) is 10.8. The smallest absolute Gasteiger partial charge is 0.0737 e. The maximum atomic E-state index is 5.96. The molecule has 1 aromatic heterocycles. The number of hydrogen-bond acceptors (Lipinski definition) is 2. The van der Waals surface area contributed by atoms with E-state index < -0.39 is 0 Å². The molecule has 2 N–H and O–H groups in total. The number of hydrogen-bond donors (Lipinski definition) is 1. The molecule has 0 saturated heterocycles. The molecule has 3 nitrogen and oxygen atoms in total. The van der Waals surface area contributed by atoms with Gasteiger partial charge in [0.15, 0.2) is 0 Å². The lowest BCUT2D eigenvalue weighted by molar-refractivity contribution is 0.772. The second-order valence-corrected chi connectivity index (χ2v) is 4.50. The minimum absolute atomic E-state index is 0.784. The van der Waals surface area contributed by atoms with Gasteiger partial charge in [-0.15, -0.1) is 0 Å². The molecule has 0 unspecified atom stereocenters. The van der Waals surface area contributed by atoms with Crippen LogP contribution in [0.3, 0.4) is 0 Å². The first-order valence-electron chi connectivity index (χ1n) is 6.03. The largest absolute Gasteiger partial charge is 0.396 e. The molecule has 1 heterocycles. The summed E-state index contributed by atoms with van der Waals surface area (Å²) in [5.41, 5.74) is 11.5. The van der Waals surface area contributed by atoms with Crippen LogP contribution in [-0.4, -0.2) is 9.78 Å². The van der Waals surface area contributed by atoms with E-state index in [-0.39, 0.29) is 0 Å². The first-order chi connectivity index (χ1) is 8.13. The van der Waals surface area contributed by atoms with Crippen molar-refractivity contribution in [3.8, 4) is 5.69 Å². The van der Waals surface area contributed by atoms with Gasteiger partial charge in [-0.25, -0.2) is 4.68 Å². The molecule has 0 radical (unpaired) electrons. The Bertz CT molecular complexity index is 526. The zero-order valence-corrected chi connectivity index (χ0v) is 10.7. The quantitative estimate of drug-likeness (QED) is 0.879. The average molecular weight is 229 g/mol. The summed E-state index contributed by atoms with van der Waals surface area (Å²) in [6, 6.07) is 6.38. The van der Waals surface area contributed by atoms with Crippen LogP contribution in [0.1, 0.15) is 30.2 Å². The van der Waals surface area contributed by atoms with E-state index in [1.807, 2.05) is 4.68 Å². The van der Waals surface area contributed by atoms with Gasteiger partial charge in [0.1, 0.15) is 0 Å². The molecule has 2 rings (SSSR count). The molecule has 90 valence electrons. The maximum Gasteiger partial charge on any atom is 0.0737 e. The fourth-order valence-electron chi connectivity index (χ4n) is 2.12. The molecule has 0 atom stereocenters. The number of aryl methyl sites for hydroxylation is 2. The molecule has 3 heteroatoms. The van der Waals surface area contributed by atoms with Crippen LogP contribution in [0.5, 0.6) is 0 Å². The van der Waals surface area contributed by atoms with E-state index in [1.54, 1.807) is 6.20 Å². The predicted octanol–water partition coefficient (Wildman–Crippen LogP) is 3.02. The van der Waals surface area contributed by atoms with E-state index in [1.165, 1.54) is 11.1 Å². The lowest BCUT2D eigenvalue weighted by Crippen LogP contribution is -2.05. The second kappa shape index (κ2) is 4.62. The highest BCUT2D eigenvalue weighted by Crippen LogP contribution is 2.21. The lowest BCUT2D eigenvalue weighted by atomic mass is 10.1. The highest BCUT2D eigenvalue weighted by atomic mass is 15.3. The molecular formula is C14H19N3. The van der Waals surface area contributed by atoms with Gasteiger partial charge < -0.3 is 5.73 Å². The van der Waals surface area contributed by atoms with Gasteiger partial charge in [-0.1, -0.05) is 31.0 Å². The second-order valence-electron chi connectivity index (χ2n) is 4.50. The molecule has 1 aromatic carbocycles. The number of rotatable bonds is 3. The van der Waals surface area contributed by atoms with Crippen molar-refractivity contribution in [1.29, 1.82) is 0 Å². The van der Waals surface area contributed by atoms with E-state index in [2.05, 4.69) is 44.1 Å². The van der Waals surface area contributed by atoms with Crippen molar-refractivity contribution in [2.24, 2.45) is 0 Å². The highest BCUT2D eigenvalue weighted by Gasteiger charge is 2.10. The third-order valence-electron chi connectivity index (χ3n) is 2.97. The summed E-state index contributed by atoms with van der Waals surface area (Å²) in [5.74, 6) is 0. The number of nitrogens with zero attached hydrogens (tertiary/aromatic N) is 2. The maximum absolute atomic E-state index is 5.96. The van der Waals surface area contributed by atoms with Crippen molar-refractivity contribution in [3.05, 3.63) is 41.2 Å². The fraction of sp³-hybridized carbons (Fsp3) is 0.357. The molecule has 17 heavy (non-hydrogen) atoms. The number of nitrogen functional groups attached to an aromatic ring is 1. The van der Waals surface area contributed by atoms with Crippen molar-refractivity contribution in [2.45, 2.75) is 33.6 Å². The van der Waals surface area contributed by atoms with Crippen LogP contribution in [-0.2, 0) is 6.42 Å². The monoisotopic (exact) mass is 229 g/mol. The van der Waals surface area contributed by atoms with Crippen LogP contribution in [0, 0.1) is 13.8 Å². The molecule has 0 saturated carbocycles. The first-order valence-corrected chi connectivity index (χ1v) is 6.03. The summed E-state index contributed by atoms with van der Waals surface area (Å²) in [7, 11) is 0. The van der Waals surface area contributed by atoms with Crippen molar-refractivity contribution >= 4 is 5.69 Å². The van der Waals surface area contributed by atoms with E-state index >= 15 is 0 Å². The number of nitrogens with two attached hydrogens (primary N) is 1. The number of benzene rings is 1. The minimum atomic E-state index is 0.784. The standard InChI is InChI=1S/C14H19N3/c1-4-5-14-12(15)9-16-17(14)13-7-6-10(2)8-11(13)3/h6-9H,4-5,15H2,1-3H3. The highest BCUT2D eigenvalue weighted by molar-refractivity contribution is 5.49. The van der Waals surface area contributed by atoms with Crippen molar-refractivity contribution in [1.82, 2.24) is 9.78 Å². The third-order valence-corrected chi connectivity index (χ3v) is 2.97. The summed E-state index contributed by atoms with van der Waals surface area (Å²) >= 11 is 0. The van der Waals surface area contributed by atoms with Crippen LogP contribution in [0.25, 0.3) is 5.69 Å². The van der Waals surface area contributed by atoms with E-state index in [0.29, 0.717) is 0 Å². The van der Waals surface area contributed by atoms with Crippen molar-refractivity contribution < 1.29 is 0 Å². The summed E-state index contributed by atoms with van der Waals surface area (Å²) in [4.78, 5) is 0. The van der Waals surface area contributed by atoms with Crippen LogP contribution in [0.2, 0.25) is 0 Å². The van der Waals surface area contributed by atoms with E-state index in [0.717, 1.165) is 29.9 Å². The summed E-state index contributed by atoms with van der Waals surface area (Å²) < 4.78 is 1.97. The lowest BCUT2D eigenvalue weighted by Gasteiger charge is -2.11. The Kier molecular flexibility index (Phi) is 3.18. The predicted molar refractivity (Wildman–Crippen MR) is 71.4 cm³/mol. The Labute approximate surface area is 102 Å². The molecule has 0 aliphatic rings. The third kappa shape index (κ3) is 2.18. The van der Waals surface area contributed by atoms with Gasteiger partial charge >= 0.3 is 0 Å².